The molecule has 0 aliphatic heterocycles. The Labute approximate surface area is 169 Å². The van der Waals surface area contributed by atoms with Crippen LogP contribution in [0.15, 0.2) is 24.3 Å². The van der Waals surface area contributed by atoms with Crippen molar-refractivity contribution < 1.29 is 14.3 Å². The monoisotopic (exact) mass is 398 g/mol. The summed E-state index contributed by atoms with van der Waals surface area (Å²) >= 11 is 0. The minimum atomic E-state index is -2.19. The minimum Gasteiger partial charge on any atom is -0.328 e. The fraction of sp³-hybridized carbons (Fsp3) is 0.739. The molecule has 1 rings (SSSR count). The van der Waals surface area contributed by atoms with Gasteiger partial charge in [-0.3, -0.25) is 0 Å². The number of rotatable bonds is 9. The molecule has 27 heavy (non-hydrogen) atoms. The summed E-state index contributed by atoms with van der Waals surface area (Å²) in [6, 6.07) is 8.98. The molecule has 0 saturated heterocycles. The third-order valence-corrected chi connectivity index (χ3v) is 4.94. The first-order chi connectivity index (χ1) is 12.5. The Balaban J connectivity index is 0.000000713. The SMILES string of the molecule is CC(C)(C)OP(O)O.CCCCCCCCCc1ccccc1C(C)(C)C. The molecule has 0 spiro atoms. The third-order valence-electron chi connectivity index (χ3n) is 4.23. The van der Waals surface area contributed by atoms with Gasteiger partial charge in [-0.15, -0.1) is 0 Å². The molecule has 2 N–H and O–H groups in total. The Morgan fingerprint density at radius 1 is 0.815 bits per heavy atom. The van der Waals surface area contributed by atoms with E-state index >= 15 is 0 Å². The summed E-state index contributed by atoms with van der Waals surface area (Å²) in [5.74, 6) is 0. The first-order valence-electron chi connectivity index (χ1n) is 10.4. The Bertz CT molecular complexity index is 487. The van der Waals surface area contributed by atoms with Crippen molar-refractivity contribution in [3.63, 3.8) is 0 Å². The first kappa shape index (κ1) is 26.5. The van der Waals surface area contributed by atoms with Crippen molar-refractivity contribution in [1.29, 1.82) is 0 Å². The van der Waals surface area contributed by atoms with Crippen LogP contribution in [0.25, 0.3) is 0 Å². The highest BCUT2D eigenvalue weighted by Gasteiger charge is 2.16. The summed E-state index contributed by atoms with van der Waals surface area (Å²) in [5.41, 5.74) is 2.91. The average Bonchev–Trinajstić information content (AvgIpc) is 2.51. The zero-order valence-electron chi connectivity index (χ0n) is 18.7. The quantitative estimate of drug-likeness (QED) is 0.339. The van der Waals surface area contributed by atoms with Gasteiger partial charge in [0.05, 0.1) is 5.60 Å². The summed E-state index contributed by atoms with van der Waals surface area (Å²) in [5, 5.41) is 0. The second-order valence-corrected chi connectivity index (χ2v) is 9.92. The normalized spacial score (nSPS) is 12.1. The van der Waals surface area contributed by atoms with E-state index in [2.05, 4.69) is 56.5 Å². The molecule has 0 radical (unpaired) electrons. The molecular formula is C23H43O3P. The van der Waals surface area contributed by atoms with Gasteiger partial charge in [-0.25, -0.2) is 0 Å². The zero-order valence-corrected chi connectivity index (χ0v) is 19.6. The van der Waals surface area contributed by atoms with Gasteiger partial charge in [-0.05, 0) is 50.2 Å². The van der Waals surface area contributed by atoms with Crippen LogP contribution in [0.2, 0.25) is 0 Å². The molecule has 0 amide bonds. The Morgan fingerprint density at radius 3 is 1.78 bits per heavy atom. The van der Waals surface area contributed by atoms with Gasteiger partial charge in [0.25, 0.3) is 0 Å². The van der Waals surface area contributed by atoms with Gasteiger partial charge in [0.15, 0.2) is 0 Å². The van der Waals surface area contributed by atoms with E-state index in [0.29, 0.717) is 0 Å². The number of benzene rings is 1. The fourth-order valence-corrected chi connectivity index (χ4v) is 3.48. The van der Waals surface area contributed by atoms with Crippen LogP contribution in [0.4, 0.5) is 0 Å². The van der Waals surface area contributed by atoms with Gasteiger partial charge in [-0.2, -0.15) is 0 Å². The maximum absolute atomic E-state index is 8.29. The van der Waals surface area contributed by atoms with Crippen molar-refractivity contribution in [2.45, 2.75) is 111 Å². The van der Waals surface area contributed by atoms with Crippen LogP contribution in [0.3, 0.4) is 0 Å². The smallest absolute Gasteiger partial charge is 0.327 e. The van der Waals surface area contributed by atoms with Crippen LogP contribution >= 0.6 is 8.60 Å². The van der Waals surface area contributed by atoms with Gasteiger partial charge < -0.3 is 14.3 Å². The van der Waals surface area contributed by atoms with E-state index in [1.807, 2.05) is 0 Å². The minimum absolute atomic E-state index is 0.276. The highest BCUT2D eigenvalue weighted by atomic mass is 31.2. The van der Waals surface area contributed by atoms with Crippen molar-refractivity contribution in [1.82, 2.24) is 0 Å². The van der Waals surface area contributed by atoms with Crippen LogP contribution < -0.4 is 0 Å². The highest BCUT2D eigenvalue weighted by Crippen LogP contribution is 2.31. The lowest BCUT2D eigenvalue weighted by Gasteiger charge is -2.22. The topological polar surface area (TPSA) is 49.7 Å². The lowest BCUT2D eigenvalue weighted by Crippen LogP contribution is -2.15. The maximum Gasteiger partial charge on any atom is 0.327 e. The lowest BCUT2D eigenvalue weighted by molar-refractivity contribution is 0.109. The Morgan fingerprint density at radius 2 is 1.33 bits per heavy atom. The van der Waals surface area contributed by atoms with Gasteiger partial charge >= 0.3 is 8.60 Å². The summed E-state index contributed by atoms with van der Waals surface area (Å²) < 4.78 is 4.61. The zero-order chi connectivity index (χ0) is 20.9. The molecule has 1 aromatic rings. The third kappa shape index (κ3) is 15.2. The second-order valence-electron chi connectivity index (χ2n) is 9.23. The van der Waals surface area contributed by atoms with Crippen LogP contribution in [-0.4, -0.2) is 15.4 Å². The molecule has 0 aliphatic rings. The molecule has 158 valence electrons. The van der Waals surface area contributed by atoms with Crippen molar-refractivity contribution in [2.75, 3.05) is 0 Å². The molecule has 0 aliphatic carbocycles. The molecule has 0 fully saturated rings. The van der Waals surface area contributed by atoms with Crippen molar-refractivity contribution in [3.8, 4) is 0 Å². The standard InChI is InChI=1S/C19H32.C4H11O3P/c1-5-6-7-8-9-10-11-14-17-15-12-13-16-18(17)19(2,3)4;1-4(2,3)7-8(5)6/h12-13,15-16H,5-11,14H2,1-4H3;5-6H,1-3H3. The van der Waals surface area contributed by atoms with E-state index in [4.69, 9.17) is 9.79 Å². The summed E-state index contributed by atoms with van der Waals surface area (Å²) in [7, 11) is -2.19. The van der Waals surface area contributed by atoms with Crippen LogP contribution in [-0.2, 0) is 16.4 Å². The number of aryl methyl sites for hydroxylation is 1. The second kappa shape index (κ2) is 13.7. The van der Waals surface area contributed by atoms with Gasteiger partial charge in [0.1, 0.15) is 0 Å². The molecule has 0 atom stereocenters. The van der Waals surface area contributed by atoms with Crippen LogP contribution in [0, 0.1) is 0 Å². The molecule has 0 saturated carbocycles. The summed E-state index contributed by atoms with van der Waals surface area (Å²) in [4.78, 5) is 16.6. The Kier molecular flexibility index (Phi) is 13.4. The molecule has 0 bridgehead atoms. The molecular weight excluding hydrogens is 355 g/mol. The summed E-state index contributed by atoms with van der Waals surface area (Å²) in [6.45, 7) is 14.5. The predicted octanol–water partition coefficient (Wildman–Crippen LogP) is 7.29. The highest BCUT2D eigenvalue weighted by molar-refractivity contribution is 7.39. The van der Waals surface area contributed by atoms with Crippen molar-refractivity contribution >= 4 is 8.60 Å². The number of unbranched alkanes of at least 4 members (excludes halogenated alkanes) is 6. The molecule has 0 aromatic heterocycles. The Hall–Kier alpha value is -0.470. The molecule has 4 heteroatoms. The summed E-state index contributed by atoms with van der Waals surface area (Å²) in [6.07, 6.45) is 11.0. The largest absolute Gasteiger partial charge is 0.328 e. The number of hydrogen-bond donors (Lipinski definition) is 2. The lowest BCUT2D eigenvalue weighted by atomic mass is 9.82. The van der Waals surface area contributed by atoms with E-state index in [1.165, 1.54) is 56.9 Å². The van der Waals surface area contributed by atoms with E-state index in [9.17, 15) is 0 Å². The fourth-order valence-electron chi connectivity index (χ4n) is 2.99. The number of hydrogen-bond acceptors (Lipinski definition) is 3. The molecule has 0 heterocycles. The van der Waals surface area contributed by atoms with E-state index in [-0.39, 0.29) is 5.41 Å². The first-order valence-corrected chi connectivity index (χ1v) is 11.6. The predicted molar refractivity (Wildman–Crippen MR) is 119 cm³/mol. The average molecular weight is 399 g/mol. The maximum atomic E-state index is 8.29. The molecule has 3 nitrogen and oxygen atoms in total. The van der Waals surface area contributed by atoms with Gasteiger partial charge in [0, 0.05) is 0 Å². The van der Waals surface area contributed by atoms with Crippen LogP contribution in [0.5, 0.6) is 0 Å². The van der Waals surface area contributed by atoms with Gasteiger partial charge in [0.2, 0.25) is 0 Å². The molecule has 1 aromatic carbocycles. The van der Waals surface area contributed by atoms with Crippen LogP contribution in [0.1, 0.15) is 105 Å². The van der Waals surface area contributed by atoms with Crippen molar-refractivity contribution in [2.24, 2.45) is 0 Å². The molecule has 0 unspecified atom stereocenters. The van der Waals surface area contributed by atoms with E-state index in [0.717, 1.165) is 0 Å². The van der Waals surface area contributed by atoms with E-state index in [1.54, 1.807) is 26.3 Å². The van der Waals surface area contributed by atoms with Gasteiger partial charge in [-0.1, -0.05) is 90.5 Å². The van der Waals surface area contributed by atoms with E-state index < -0.39 is 14.2 Å². The van der Waals surface area contributed by atoms with Crippen molar-refractivity contribution in [3.05, 3.63) is 35.4 Å².